The molecule has 0 radical (unpaired) electrons. The van der Waals surface area contributed by atoms with E-state index in [9.17, 15) is 9.90 Å². The van der Waals surface area contributed by atoms with E-state index in [0.717, 1.165) is 10.0 Å². The molecule has 1 atom stereocenters. The second-order valence-corrected chi connectivity index (χ2v) is 5.07. The highest BCUT2D eigenvalue weighted by Gasteiger charge is 2.18. The van der Waals surface area contributed by atoms with Gasteiger partial charge in [0.1, 0.15) is 11.9 Å². The van der Waals surface area contributed by atoms with Crippen LogP contribution in [0.2, 0.25) is 0 Å². The van der Waals surface area contributed by atoms with Crippen LogP contribution in [0.25, 0.3) is 0 Å². The number of furan rings is 1. The Labute approximate surface area is 119 Å². The average Bonchev–Trinajstić information content (AvgIpc) is 2.85. The lowest BCUT2D eigenvalue weighted by atomic mass is 10.1. The highest BCUT2D eigenvalue weighted by molar-refractivity contribution is 9.10. The van der Waals surface area contributed by atoms with Gasteiger partial charge in [-0.2, -0.15) is 0 Å². The number of carbonyl (C=O) groups excluding carboxylic acids is 1. The maximum atomic E-state index is 11.3. The van der Waals surface area contributed by atoms with Crippen LogP contribution < -0.4 is 0 Å². The summed E-state index contributed by atoms with van der Waals surface area (Å²) >= 11 is 3.38. The molecule has 0 aliphatic rings. The third-order valence-corrected chi connectivity index (χ3v) is 3.12. The summed E-state index contributed by atoms with van der Waals surface area (Å²) in [5.41, 5.74) is 1.71. The molecule has 5 heteroatoms. The molecule has 1 N–H and O–H groups in total. The molecule has 19 heavy (non-hydrogen) atoms. The predicted octanol–water partition coefficient (Wildman–Crippen LogP) is 3.22. The molecule has 1 aromatic carbocycles. The van der Waals surface area contributed by atoms with Crippen molar-refractivity contribution in [3.05, 3.63) is 57.5 Å². The molecule has 0 aliphatic heterocycles. The number of methoxy groups -OCH3 is 1. The molecule has 0 saturated heterocycles. The minimum absolute atomic E-state index is 0.0725. The molecule has 1 aromatic heterocycles. The Kier molecular flexibility index (Phi) is 4.07. The minimum atomic E-state index is -0.922. The summed E-state index contributed by atoms with van der Waals surface area (Å²) in [5, 5.41) is 10.2. The zero-order valence-electron chi connectivity index (χ0n) is 10.5. The number of ether oxygens (including phenoxy) is 1. The van der Waals surface area contributed by atoms with E-state index in [-0.39, 0.29) is 5.76 Å². The molecule has 2 rings (SSSR count). The quantitative estimate of drug-likeness (QED) is 0.880. The first-order valence-corrected chi connectivity index (χ1v) is 6.44. The number of esters is 1. The van der Waals surface area contributed by atoms with Crippen molar-refractivity contribution in [3.63, 3.8) is 0 Å². The number of benzene rings is 1. The van der Waals surface area contributed by atoms with E-state index in [1.54, 1.807) is 12.1 Å². The van der Waals surface area contributed by atoms with Crippen molar-refractivity contribution in [2.75, 3.05) is 7.11 Å². The molecule has 0 saturated carbocycles. The minimum Gasteiger partial charge on any atom is -0.463 e. The molecule has 0 fully saturated rings. The Bertz CT molecular complexity index is 583. The van der Waals surface area contributed by atoms with Crippen LogP contribution in [-0.2, 0) is 4.74 Å². The third-order valence-electron chi connectivity index (χ3n) is 2.66. The van der Waals surface area contributed by atoms with Crippen LogP contribution in [0.3, 0.4) is 0 Å². The Hall–Kier alpha value is -1.59. The third kappa shape index (κ3) is 3.05. The smallest absolute Gasteiger partial charge is 0.373 e. The van der Waals surface area contributed by atoms with Crippen LogP contribution >= 0.6 is 15.9 Å². The largest absolute Gasteiger partial charge is 0.463 e. The van der Waals surface area contributed by atoms with Crippen LogP contribution in [0.15, 0.2) is 39.2 Å². The maximum Gasteiger partial charge on any atom is 0.373 e. The molecule has 100 valence electrons. The van der Waals surface area contributed by atoms with Gasteiger partial charge in [-0.3, -0.25) is 0 Å². The van der Waals surface area contributed by atoms with Gasteiger partial charge in [-0.1, -0.05) is 22.0 Å². The summed E-state index contributed by atoms with van der Waals surface area (Å²) in [6, 6.07) is 8.65. The van der Waals surface area contributed by atoms with E-state index in [2.05, 4.69) is 20.7 Å². The molecule has 1 unspecified atom stereocenters. The summed E-state index contributed by atoms with van der Waals surface area (Å²) in [4.78, 5) is 11.3. The zero-order chi connectivity index (χ0) is 14.0. The lowest BCUT2D eigenvalue weighted by Gasteiger charge is -2.09. The van der Waals surface area contributed by atoms with Gasteiger partial charge in [0.2, 0.25) is 5.76 Å². The van der Waals surface area contributed by atoms with Crippen LogP contribution in [0.5, 0.6) is 0 Å². The number of carbonyl (C=O) groups is 1. The Morgan fingerprint density at radius 2 is 2.11 bits per heavy atom. The molecule has 0 amide bonds. The molecule has 4 nitrogen and oxygen atoms in total. The van der Waals surface area contributed by atoms with Crippen molar-refractivity contribution in [3.8, 4) is 0 Å². The first kappa shape index (κ1) is 13.8. The van der Waals surface area contributed by atoms with Gasteiger partial charge < -0.3 is 14.3 Å². The van der Waals surface area contributed by atoms with Crippen molar-refractivity contribution >= 4 is 21.9 Å². The molecule has 0 aliphatic carbocycles. The van der Waals surface area contributed by atoms with Gasteiger partial charge in [0.25, 0.3) is 0 Å². The van der Waals surface area contributed by atoms with E-state index in [1.807, 2.05) is 19.1 Å². The molecular formula is C14H13BrO4. The second-order valence-electron chi connectivity index (χ2n) is 4.16. The SMILES string of the molecule is COC(=O)c1ccc(C(O)c2cc(C)cc(Br)c2)o1. The van der Waals surface area contributed by atoms with Crippen molar-refractivity contribution in [1.29, 1.82) is 0 Å². The fourth-order valence-electron chi connectivity index (χ4n) is 1.80. The Morgan fingerprint density at radius 3 is 2.74 bits per heavy atom. The van der Waals surface area contributed by atoms with Crippen LogP contribution in [-0.4, -0.2) is 18.2 Å². The molecule has 0 bridgehead atoms. The van der Waals surface area contributed by atoms with E-state index in [4.69, 9.17) is 4.42 Å². The number of aliphatic hydroxyl groups excluding tert-OH is 1. The first-order chi connectivity index (χ1) is 9.01. The van der Waals surface area contributed by atoms with Gasteiger partial charge in [-0.05, 0) is 42.3 Å². The van der Waals surface area contributed by atoms with Gasteiger partial charge in [-0.25, -0.2) is 4.79 Å². The lowest BCUT2D eigenvalue weighted by molar-refractivity contribution is 0.0558. The second kappa shape index (κ2) is 5.59. The molecule has 1 heterocycles. The van der Waals surface area contributed by atoms with Gasteiger partial charge in [0.05, 0.1) is 7.11 Å². The number of halogens is 1. The summed E-state index contributed by atoms with van der Waals surface area (Å²) < 4.78 is 10.7. The fraction of sp³-hybridized carbons (Fsp3) is 0.214. The molecular weight excluding hydrogens is 312 g/mol. The van der Waals surface area contributed by atoms with Gasteiger partial charge >= 0.3 is 5.97 Å². The normalized spacial score (nSPS) is 12.2. The average molecular weight is 325 g/mol. The predicted molar refractivity (Wildman–Crippen MR) is 73.0 cm³/mol. The molecule has 0 spiro atoms. The number of aryl methyl sites for hydroxylation is 1. The number of hydrogen-bond donors (Lipinski definition) is 1. The summed E-state index contributed by atoms with van der Waals surface area (Å²) in [6.45, 7) is 1.93. The number of rotatable bonds is 3. The van der Waals surface area contributed by atoms with E-state index in [0.29, 0.717) is 11.3 Å². The van der Waals surface area contributed by atoms with Crippen molar-refractivity contribution in [2.45, 2.75) is 13.0 Å². The van der Waals surface area contributed by atoms with Crippen molar-refractivity contribution in [1.82, 2.24) is 0 Å². The number of hydrogen-bond acceptors (Lipinski definition) is 4. The highest BCUT2D eigenvalue weighted by Crippen LogP contribution is 2.27. The zero-order valence-corrected chi connectivity index (χ0v) is 12.1. The van der Waals surface area contributed by atoms with Gasteiger partial charge in [0, 0.05) is 4.47 Å². The first-order valence-electron chi connectivity index (χ1n) is 5.64. The van der Waals surface area contributed by atoms with E-state index >= 15 is 0 Å². The van der Waals surface area contributed by atoms with Gasteiger partial charge in [-0.15, -0.1) is 0 Å². The lowest BCUT2D eigenvalue weighted by Crippen LogP contribution is -2.00. The summed E-state index contributed by atoms with van der Waals surface area (Å²) in [7, 11) is 1.28. The Morgan fingerprint density at radius 1 is 1.37 bits per heavy atom. The van der Waals surface area contributed by atoms with Crippen LogP contribution in [0.1, 0.15) is 33.5 Å². The van der Waals surface area contributed by atoms with Crippen molar-refractivity contribution < 1.29 is 19.1 Å². The summed E-state index contributed by atoms with van der Waals surface area (Å²) in [6.07, 6.45) is -0.922. The number of aliphatic hydroxyl groups is 1. The highest BCUT2D eigenvalue weighted by atomic mass is 79.9. The van der Waals surface area contributed by atoms with Crippen molar-refractivity contribution in [2.24, 2.45) is 0 Å². The van der Waals surface area contributed by atoms with Crippen LogP contribution in [0.4, 0.5) is 0 Å². The van der Waals surface area contributed by atoms with E-state index < -0.39 is 12.1 Å². The molecule has 2 aromatic rings. The topological polar surface area (TPSA) is 59.7 Å². The van der Waals surface area contributed by atoms with Crippen LogP contribution in [0, 0.1) is 6.92 Å². The standard InChI is InChI=1S/C14H13BrO4/c1-8-5-9(7-10(15)6-8)13(16)11-3-4-12(19-11)14(17)18-2/h3-7,13,16H,1-2H3. The summed E-state index contributed by atoms with van der Waals surface area (Å²) in [5.74, 6) is -0.190. The van der Waals surface area contributed by atoms with Gasteiger partial charge in [0.15, 0.2) is 0 Å². The maximum absolute atomic E-state index is 11.3. The Balaban J connectivity index is 2.30. The van der Waals surface area contributed by atoms with E-state index in [1.165, 1.54) is 13.2 Å². The monoisotopic (exact) mass is 324 g/mol. The fourth-order valence-corrected chi connectivity index (χ4v) is 2.42.